The normalized spacial score (nSPS) is 15.7. The number of benzene rings is 2. The van der Waals surface area contributed by atoms with Crippen molar-refractivity contribution in [3.8, 4) is 17.1 Å². The number of amides is 1. The van der Waals surface area contributed by atoms with Gasteiger partial charge in [-0.3, -0.25) is 9.78 Å². The van der Waals surface area contributed by atoms with Crippen molar-refractivity contribution in [3.05, 3.63) is 63.0 Å². The summed E-state index contributed by atoms with van der Waals surface area (Å²) in [6.07, 6.45) is -5.34. The van der Waals surface area contributed by atoms with Crippen LogP contribution < -0.4 is 15.7 Å². The molecule has 0 saturated carbocycles. The first-order valence-corrected chi connectivity index (χ1v) is 8.70. The summed E-state index contributed by atoms with van der Waals surface area (Å²) >= 11 is 5.92. The number of aromatic nitrogens is 3. The SMILES string of the molecule is O=C(Nc1cc(-c2n[nH]c(=O)[nH]2)cc(C(F)(F)F)c1)C1Cc2cc(Cl)ccc2O1. The Kier molecular flexibility index (Phi) is 4.58. The number of carbonyl (C=O) groups is 1. The minimum atomic E-state index is -4.66. The number of ether oxygens (including phenoxy) is 1. The zero-order valence-corrected chi connectivity index (χ0v) is 15.2. The van der Waals surface area contributed by atoms with Gasteiger partial charge >= 0.3 is 11.9 Å². The highest BCUT2D eigenvalue weighted by Gasteiger charge is 2.33. The van der Waals surface area contributed by atoms with E-state index in [2.05, 4.69) is 20.5 Å². The van der Waals surface area contributed by atoms with E-state index < -0.39 is 29.4 Å². The summed E-state index contributed by atoms with van der Waals surface area (Å²) in [6.45, 7) is 0. The van der Waals surface area contributed by atoms with Gasteiger partial charge in [-0.2, -0.15) is 18.3 Å². The monoisotopic (exact) mass is 424 g/mol. The van der Waals surface area contributed by atoms with Crippen LogP contribution in [0.3, 0.4) is 0 Å². The number of hydrogen-bond acceptors (Lipinski definition) is 4. The van der Waals surface area contributed by atoms with Crippen molar-refractivity contribution in [2.45, 2.75) is 18.7 Å². The molecule has 0 bridgehead atoms. The Morgan fingerprint density at radius 2 is 2.03 bits per heavy atom. The van der Waals surface area contributed by atoms with Crippen LogP contribution in [0.4, 0.5) is 18.9 Å². The molecule has 0 saturated heterocycles. The number of rotatable bonds is 3. The fraction of sp³-hybridized carbons (Fsp3) is 0.167. The average molecular weight is 425 g/mol. The second kappa shape index (κ2) is 6.96. The van der Waals surface area contributed by atoms with E-state index >= 15 is 0 Å². The molecule has 1 unspecified atom stereocenters. The molecule has 0 aliphatic carbocycles. The molecule has 29 heavy (non-hydrogen) atoms. The predicted molar refractivity (Wildman–Crippen MR) is 97.8 cm³/mol. The van der Waals surface area contributed by atoms with E-state index in [9.17, 15) is 22.8 Å². The van der Waals surface area contributed by atoms with E-state index in [1.165, 1.54) is 6.07 Å². The smallest absolute Gasteiger partial charge is 0.416 e. The van der Waals surface area contributed by atoms with Crippen LogP contribution >= 0.6 is 11.6 Å². The number of anilines is 1. The van der Waals surface area contributed by atoms with Gasteiger partial charge in [0.1, 0.15) is 5.75 Å². The molecule has 0 radical (unpaired) electrons. The lowest BCUT2D eigenvalue weighted by atomic mass is 10.1. The van der Waals surface area contributed by atoms with Gasteiger partial charge in [0.25, 0.3) is 5.91 Å². The third-order valence-electron chi connectivity index (χ3n) is 4.29. The summed E-state index contributed by atoms with van der Waals surface area (Å²) in [7, 11) is 0. The molecule has 1 aliphatic rings. The zero-order valence-electron chi connectivity index (χ0n) is 14.4. The number of H-pyrrole nitrogens is 2. The Morgan fingerprint density at radius 3 is 2.72 bits per heavy atom. The lowest BCUT2D eigenvalue weighted by Crippen LogP contribution is -2.31. The fourth-order valence-corrected chi connectivity index (χ4v) is 3.19. The van der Waals surface area contributed by atoms with Gasteiger partial charge in [-0.05, 0) is 42.0 Å². The van der Waals surface area contributed by atoms with Gasteiger partial charge in [-0.15, -0.1) is 0 Å². The lowest BCUT2D eigenvalue weighted by molar-refractivity contribution is -0.137. The van der Waals surface area contributed by atoms with Crippen molar-refractivity contribution in [2.75, 3.05) is 5.32 Å². The highest BCUT2D eigenvalue weighted by molar-refractivity contribution is 6.30. The fourth-order valence-electron chi connectivity index (χ4n) is 2.99. The standard InChI is InChI=1S/C18H12ClF3N4O3/c19-11-1-2-13-8(4-11)6-14(29-13)16(27)23-12-5-9(15-24-17(28)26-25-15)3-10(7-12)18(20,21)22/h1-5,7,14H,6H2,(H,23,27)(H2,24,25,26,28). The zero-order chi connectivity index (χ0) is 20.8. The number of nitrogens with one attached hydrogen (secondary N) is 3. The van der Waals surface area contributed by atoms with Crippen molar-refractivity contribution in [2.24, 2.45) is 0 Å². The molecular weight excluding hydrogens is 413 g/mol. The molecule has 11 heteroatoms. The average Bonchev–Trinajstić information content (AvgIpc) is 3.26. The Morgan fingerprint density at radius 1 is 1.24 bits per heavy atom. The van der Waals surface area contributed by atoms with Crippen LogP contribution in [-0.2, 0) is 17.4 Å². The van der Waals surface area contributed by atoms with E-state index in [4.69, 9.17) is 16.3 Å². The van der Waals surface area contributed by atoms with Crippen LogP contribution in [0.2, 0.25) is 5.02 Å². The summed E-state index contributed by atoms with van der Waals surface area (Å²) in [5.41, 5.74) is -1.07. The Bertz CT molecular complexity index is 1160. The summed E-state index contributed by atoms with van der Waals surface area (Å²) in [6, 6.07) is 7.81. The Balaban J connectivity index is 1.61. The maximum absolute atomic E-state index is 13.3. The van der Waals surface area contributed by atoms with Crippen LogP contribution in [0.15, 0.2) is 41.2 Å². The highest BCUT2D eigenvalue weighted by Crippen LogP contribution is 2.35. The first kappa shape index (κ1) is 19.1. The molecule has 4 rings (SSSR count). The molecule has 2 aromatic carbocycles. The molecule has 0 fully saturated rings. The largest absolute Gasteiger partial charge is 0.480 e. The first-order chi connectivity index (χ1) is 13.7. The summed E-state index contributed by atoms with van der Waals surface area (Å²) < 4.78 is 45.4. The first-order valence-electron chi connectivity index (χ1n) is 8.32. The predicted octanol–water partition coefficient (Wildman–Crippen LogP) is 3.38. The molecule has 3 N–H and O–H groups in total. The third-order valence-corrected chi connectivity index (χ3v) is 4.53. The Hall–Kier alpha value is -3.27. The molecule has 3 aromatic rings. The van der Waals surface area contributed by atoms with E-state index in [1.54, 1.807) is 18.2 Å². The molecule has 1 amide bonds. The summed E-state index contributed by atoms with van der Waals surface area (Å²) in [5.74, 6) is -0.206. The molecule has 2 heterocycles. The highest BCUT2D eigenvalue weighted by atomic mass is 35.5. The number of hydrogen-bond donors (Lipinski definition) is 3. The van der Waals surface area contributed by atoms with Gasteiger partial charge in [-0.1, -0.05) is 11.6 Å². The number of carbonyl (C=O) groups excluding carboxylic acids is 1. The third kappa shape index (κ3) is 3.97. The number of alkyl halides is 3. The molecule has 1 aliphatic heterocycles. The van der Waals surface area contributed by atoms with Crippen LogP contribution in [0.25, 0.3) is 11.4 Å². The number of nitrogens with zero attached hydrogens (tertiary/aromatic N) is 1. The van der Waals surface area contributed by atoms with Crippen molar-refractivity contribution in [3.63, 3.8) is 0 Å². The molecule has 0 spiro atoms. The van der Waals surface area contributed by atoms with Gasteiger partial charge < -0.3 is 10.1 Å². The van der Waals surface area contributed by atoms with E-state index in [1.807, 2.05) is 0 Å². The molecule has 1 atom stereocenters. The van der Waals surface area contributed by atoms with Gasteiger partial charge in [0.2, 0.25) is 0 Å². The maximum atomic E-state index is 13.3. The van der Waals surface area contributed by atoms with Crippen LogP contribution in [0.5, 0.6) is 5.75 Å². The van der Waals surface area contributed by atoms with Gasteiger partial charge in [-0.25, -0.2) is 9.89 Å². The Labute approximate surface area is 165 Å². The lowest BCUT2D eigenvalue weighted by Gasteiger charge is -2.14. The molecule has 7 nitrogen and oxygen atoms in total. The molecule has 1 aromatic heterocycles. The quantitative estimate of drug-likeness (QED) is 0.600. The van der Waals surface area contributed by atoms with Crippen molar-refractivity contribution >= 4 is 23.2 Å². The minimum Gasteiger partial charge on any atom is -0.480 e. The summed E-state index contributed by atoms with van der Waals surface area (Å²) in [5, 5.41) is 8.64. The van der Waals surface area contributed by atoms with Crippen molar-refractivity contribution in [1.29, 1.82) is 0 Å². The second-order valence-corrected chi connectivity index (χ2v) is 6.81. The van der Waals surface area contributed by atoms with E-state index in [0.29, 0.717) is 10.8 Å². The molecular formula is C18H12ClF3N4O3. The molecule has 150 valence electrons. The minimum absolute atomic E-state index is 0.0177. The van der Waals surface area contributed by atoms with Gasteiger partial charge in [0, 0.05) is 22.7 Å². The van der Waals surface area contributed by atoms with Crippen LogP contribution in [0.1, 0.15) is 11.1 Å². The van der Waals surface area contributed by atoms with Crippen LogP contribution in [0, 0.1) is 0 Å². The van der Waals surface area contributed by atoms with Gasteiger partial charge in [0.05, 0.1) is 5.56 Å². The van der Waals surface area contributed by atoms with Crippen LogP contribution in [-0.4, -0.2) is 27.2 Å². The van der Waals surface area contributed by atoms with E-state index in [-0.39, 0.29) is 23.5 Å². The van der Waals surface area contributed by atoms with E-state index in [0.717, 1.165) is 17.7 Å². The number of aromatic amines is 2. The number of halogens is 4. The topological polar surface area (TPSA) is 99.9 Å². The van der Waals surface area contributed by atoms with Crippen molar-refractivity contribution < 1.29 is 22.7 Å². The summed E-state index contributed by atoms with van der Waals surface area (Å²) in [4.78, 5) is 26.1. The second-order valence-electron chi connectivity index (χ2n) is 6.38. The maximum Gasteiger partial charge on any atom is 0.416 e. The number of fused-ring (bicyclic) bond motifs is 1. The van der Waals surface area contributed by atoms with Crippen molar-refractivity contribution in [1.82, 2.24) is 15.2 Å². The van der Waals surface area contributed by atoms with Gasteiger partial charge in [0.15, 0.2) is 11.9 Å².